The van der Waals surface area contributed by atoms with Crippen molar-refractivity contribution in [2.45, 2.75) is 37.8 Å². The summed E-state index contributed by atoms with van der Waals surface area (Å²) in [5, 5.41) is 9.85. The number of benzene rings is 3. The maximum atomic E-state index is 13.1. The molecule has 6 rings (SSSR count). The third kappa shape index (κ3) is 4.90. The van der Waals surface area contributed by atoms with Gasteiger partial charge in [0.2, 0.25) is 0 Å². The minimum absolute atomic E-state index is 0.00547. The van der Waals surface area contributed by atoms with E-state index in [1.165, 1.54) is 27.2 Å². The van der Waals surface area contributed by atoms with Gasteiger partial charge < -0.3 is 19.5 Å². The van der Waals surface area contributed by atoms with Crippen LogP contribution in [0.3, 0.4) is 0 Å². The Morgan fingerprint density at radius 2 is 1.40 bits per heavy atom. The maximum absolute atomic E-state index is 13.1. The first-order valence-corrected chi connectivity index (χ1v) is 13.7. The highest BCUT2D eigenvalue weighted by atomic mass is 16.6. The highest BCUT2D eigenvalue weighted by Crippen LogP contribution is 2.46. The van der Waals surface area contributed by atoms with E-state index in [1.807, 2.05) is 54.6 Å². The molecule has 2 amide bonds. The van der Waals surface area contributed by atoms with Crippen molar-refractivity contribution in [2.75, 3.05) is 26.2 Å². The van der Waals surface area contributed by atoms with E-state index in [0.717, 1.165) is 5.56 Å². The zero-order valence-electron chi connectivity index (χ0n) is 22.2. The molecule has 0 bridgehead atoms. The van der Waals surface area contributed by atoms with Crippen molar-refractivity contribution >= 4 is 18.2 Å². The molecule has 206 valence electrons. The van der Waals surface area contributed by atoms with Gasteiger partial charge >= 0.3 is 18.2 Å². The third-order valence-electron chi connectivity index (χ3n) is 8.65. The molecule has 0 aromatic heterocycles. The number of hydrogen-bond acceptors (Lipinski definition) is 5. The summed E-state index contributed by atoms with van der Waals surface area (Å²) in [6, 6.07) is 24.8. The van der Waals surface area contributed by atoms with Gasteiger partial charge in [-0.2, -0.15) is 0 Å². The number of rotatable bonds is 5. The van der Waals surface area contributed by atoms with Gasteiger partial charge in [-0.15, -0.1) is 0 Å². The van der Waals surface area contributed by atoms with Gasteiger partial charge in [-0.25, -0.2) is 14.4 Å². The molecule has 3 aromatic carbocycles. The van der Waals surface area contributed by atoms with Gasteiger partial charge in [0.1, 0.15) is 19.3 Å². The Labute approximate surface area is 233 Å². The number of hydrogen-bond donors (Lipinski definition) is 1. The summed E-state index contributed by atoms with van der Waals surface area (Å²) >= 11 is 0. The number of ether oxygens (including phenoxy) is 2. The monoisotopic (exact) mass is 540 g/mol. The van der Waals surface area contributed by atoms with Gasteiger partial charge in [-0.3, -0.25) is 4.90 Å². The summed E-state index contributed by atoms with van der Waals surface area (Å²) in [6.07, 6.45) is 0.574. The number of amides is 2. The first-order chi connectivity index (χ1) is 19.4. The van der Waals surface area contributed by atoms with Crippen LogP contribution < -0.4 is 0 Å². The molecule has 2 saturated heterocycles. The summed E-state index contributed by atoms with van der Waals surface area (Å²) < 4.78 is 11.3. The summed E-state index contributed by atoms with van der Waals surface area (Å²) in [4.78, 5) is 41.0. The average molecular weight is 541 g/mol. The molecular formula is C32H32N2O6. The summed E-state index contributed by atoms with van der Waals surface area (Å²) in [5.41, 5.74) is 5.17. The molecule has 3 aliphatic rings. The minimum Gasteiger partial charge on any atom is -0.480 e. The second-order valence-electron chi connectivity index (χ2n) is 11.0. The van der Waals surface area contributed by atoms with Crippen LogP contribution in [0.5, 0.6) is 0 Å². The Bertz CT molecular complexity index is 1370. The second-order valence-corrected chi connectivity index (χ2v) is 11.0. The Hall–Kier alpha value is -4.33. The number of piperidine rings is 1. The minimum atomic E-state index is -1.03. The van der Waals surface area contributed by atoms with Crippen LogP contribution in [-0.2, 0) is 20.9 Å². The highest BCUT2D eigenvalue weighted by molar-refractivity contribution is 5.81. The third-order valence-corrected chi connectivity index (χ3v) is 8.65. The Balaban J connectivity index is 1.06. The van der Waals surface area contributed by atoms with Crippen LogP contribution in [0.2, 0.25) is 0 Å². The highest BCUT2D eigenvalue weighted by Gasteiger charge is 2.51. The van der Waals surface area contributed by atoms with Gasteiger partial charge in [-0.05, 0) is 52.5 Å². The fraction of sp³-hybridized carbons (Fsp3) is 0.344. The molecule has 1 aliphatic carbocycles. The van der Waals surface area contributed by atoms with Crippen LogP contribution in [0.1, 0.15) is 41.9 Å². The van der Waals surface area contributed by atoms with E-state index in [0.29, 0.717) is 38.9 Å². The van der Waals surface area contributed by atoms with Crippen LogP contribution in [0.4, 0.5) is 9.59 Å². The van der Waals surface area contributed by atoms with E-state index < -0.39 is 18.1 Å². The number of aliphatic carboxylic acids is 1. The number of carbonyl (C=O) groups excluding carboxylic acids is 2. The van der Waals surface area contributed by atoms with E-state index in [9.17, 15) is 19.5 Å². The molecular weight excluding hydrogens is 508 g/mol. The standard InChI is InChI=1S/C32H32N2O6/c35-29(36)28-18-32(21-34(28)31(38)39-19-22-8-2-1-3-9-22)14-16-33(17-15-32)30(37)40-20-27-25-12-6-4-10-23(25)24-11-5-7-13-26(24)27/h1-13,27-28H,14-21H2,(H,35,36). The van der Waals surface area contributed by atoms with Gasteiger partial charge in [0.05, 0.1) is 0 Å². The fourth-order valence-corrected chi connectivity index (χ4v) is 6.48. The molecule has 8 nitrogen and oxygen atoms in total. The number of carboxylic acid groups (broad SMARTS) is 1. The number of carboxylic acids is 1. The zero-order valence-corrected chi connectivity index (χ0v) is 22.2. The molecule has 1 N–H and O–H groups in total. The Morgan fingerprint density at radius 1 is 0.800 bits per heavy atom. The van der Waals surface area contributed by atoms with Gasteiger partial charge in [0.15, 0.2) is 0 Å². The van der Waals surface area contributed by atoms with Crippen molar-refractivity contribution in [3.8, 4) is 11.1 Å². The molecule has 1 spiro atoms. The molecule has 3 aromatic rings. The van der Waals surface area contributed by atoms with Gasteiger partial charge in [0, 0.05) is 25.6 Å². The van der Waals surface area contributed by atoms with E-state index in [4.69, 9.17) is 9.47 Å². The molecule has 2 aliphatic heterocycles. The molecule has 1 atom stereocenters. The smallest absolute Gasteiger partial charge is 0.410 e. The van der Waals surface area contributed by atoms with Crippen molar-refractivity contribution < 1.29 is 29.0 Å². The lowest BCUT2D eigenvalue weighted by Crippen LogP contribution is -2.45. The lowest BCUT2D eigenvalue weighted by molar-refractivity contribution is -0.141. The number of likely N-dealkylation sites (tertiary alicyclic amines) is 2. The van der Waals surface area contributed by atoms with Gasteiger partial charge in [0.25, 0.3) is 0 Å². The fourth-order valence-electron chi connectivity index (χ4n) is 6.48. The van der Waals surface area contributed by atoms with Gasteiger partial charge in [-0.1, -0.05) is 78.9 Å². The predicted molar refractivity (Wildman–Crippen MR) is 148 cm³/mol. The van der Waals surface area contributed by atoms with Crippen molar-refractivity contribution in [1.82, 2.24) is 9.80 Å². The predicted octanol–water partition coefficient (Wildman–Crippen LogP) is 5.51. The molecule has 2 heterocycles. The Morgan fingerprint density at radius 3 is 2.02 bits per heavy atom. The lowest BCUT2D eigenvalue weighted by atomic mass is 9.76. The van der Waals surface area contributed by atoms with E-state index in [2.05, 4.69) is 24.3 Å². The van der Waals surface area contributed by atoms with Crippen molar-refractivity contribution in [3.05, 3.63) is 95.6 Å². The average Bonchev–Trinajstić information content (AvgIpc) is 3.52. The van der Waals surface area contributed by atoms with Crippen molar-refractivity contribution in [1.29, 1.82) is 0 Å². The first-order valence-electron chi connectivity index (χ1n) is 13.7. The summed E-state index contributed by atoms with van der Waals surface area (Å²) in [6.45, 7) is 1.56. The van der Waals surface area contributed by atoms with Crippen molar-refractivity contribution in [3.63, 3.8) is 0 Å². The molecule has 0 radical (unpaired) electrons. The van der Waals surface area contributed by atoms with Crippen LogP contribution >= 0.6 is 0 Å². The van der Waals surface area contributed by atoms with E-state index >= 15 is 0 Å². The summed E-state index contributed by atoms with van der Waals surface area (Å²) in [7, 11) is 0. The largest absolute Gasteiger partial charge is 0.480 e. The maximum Gasteiger partial charge on any atom is 0.410 e. The van der Waals surface area contributed by atoms with Crippen molar-refractivity contribution in [2.24, 2.45) is 5.41 Å². The first kappa shape index (κ1) is 25.9. The van der Waals surface area contributed by atoms with Crippen LogP contribution in [0.25, 0.3) is 11.1 Å². The molecule has 2 fully saturated rings. The quantitative estimate of drug-likeness (QED) is 0.458. The van der Waals surface area contributed by atoms with Crippen LogP contribution in [0, 0.1) is 5.41 Å². The lowest BCUT2D eigenvalue weighted by Gasteiger charge is -2.38. The molecule has 1 unspecified atom stereocenters. The van der Waals surface area contributed by atoms with E-state index in [1.54, 1.807) is 4.90 Å². The number of fused-ring (bicyclic) bond motifs is 3. The second kappa shape index (κ2) is 10.7. The van der Waals surface area contributed by atoms with Crippen LogP contribution in [0.15, 0.2) is 78.9 Å². The zero-order chi connectivity index (χ0) is 27.7. The summed E-state index contributed by atoms with van der Waals surface area (Å²) in [5.74, 6) is -1.04. The van der Waals surface area contributed by atoms with E-state index in [-0.39, 0.29) is 30.6 Å². The number of carbonyl (C=O) groups is 3. The molecule has 40 heavy (non-hydrogen) atoms. The Kier molecular flexibility index (Phi) is 6.92. The SMILES string of the molecule is O=C(O)C1CC2(CCN(C(=O)OCC3c4ccccc4-c4ccccc43)CC2)CN1C(=O)OCc1ccccc1. The topological polar surface area (TPSA) is 96.4 Å². The normalized spacial score (nSPS) is 19.2. The van der Waals surface area contributed by atoms with Crippen LogP contribution in [-0.4, -0.2) is 65.3 Å². The molecule has 0 saturated carbocycles. The molecule has 8 heteroatoms. The number of nitrogens with zero attached hydrogens (tertiary/aromatic N) is 2.